The van der Waals surface area contributed by atoms with Crippen LogP contribution in [0.3, 0.4) is 0 Å². The fourth-order valence-corrected chi connectivity index (χ4v) is 3.08. The average Bonchev–Trinajstić information content (AvgIpc) is 2.89. The summed E-state index contributed by atoms with van der Waals surface area (Å²) in [5.41, 5.74) is 5.04. The zero-order valence-corrected chi connectivity index (χ0v) is 16.1. The van der Waals surface area contributed by atoms with Crippen LogP contribution in [0.15, 0.2) is 48.0 Å². The van der Waals surface area contributed by atoms with Crippen LogP contribution in [-0.4, -0.2) is 31.3 Å². The van der Waals surface area contributed by atoms with E-state index in [4.69, 9.17) is 9.47 Å². The topological polar surface area (TPSA) is 47.6 Å². The Bertz CT molecular complexity index is 815. The smallest absolute Gasteiger partial charge is 0.333 e. The molecule has 3 rings (SSSR count). The monoisotopic (exact) mass is 369 g/mol. The van der Waals surface area contributed by atoms with Crippen molar-refractivity contribution in [3.63, 3.8) is 0 Å². The molecule has 0 fully saturated rings. The predicted molar refractivity (Wildman–Crippen MR) is 109 cm³/mol. The summed E-state index contributed by atoms with van der Waals surface area (Å²) in [6.07, 6.45) is 4.59. The van der Waals surface area contributed by atoms with Crippen molar-refractivity contribution in [1.29, 1.82) is 0 Å². The molecule has 2 aromatic carbocycles. The summed E-state index contributed by atoms with van der Waals surface area (Å²) in [5, 5.41) is 3.37. The van der Waals surface area contributed by atoms with Gasteiger partial charge < -0.3 is 14.8 Å². The minimum absolute atomic E-state index is 0.126. The number of hydrogen-bond donors (Lipinski definition) is 1. The Morgan fingerprint density at radius 3 is 2.58 bits per heavy atom. The first kappa shape index (κ1) is 18.4. The lowest BCUT2D eigenvalue weighted by atomic mass is 10.0. The molecule has 1 aliphatic heterocycles. The zero-order chi connectivity index (χ0) is 18.5. The number of fused-ring (bicyclic) bond motifs is 1. The van der Waals surface area contributed by atoms with Gasteiger partial charge in [-0.2, -0.15) is 0 Å². The van der Waals surface area contributed by atoms with Crippen LogP contribution in [0.2, 0.25) is 0 Å². The van der Waals surface area contributed by atoms with Gasteiger partial charge in [0, 0.05) is 17.8 Å². The van der Waals surface area contributed by atoms with Gasteiger partial charge in [0.2, 0.25) is 0 Å². The van der Waals surface area contributed by atoms with E-state index in [9.17, 15) is 4.79 Å². The Labute approximate surface area is 158 Å². The van der Waals surface area contributed by atoms with Gasteiger partial charge in [0.1, 0.15) is 11.2 Å². The van der Waals surface area contributed by atoms with Gasteiger partial charge in [-0.1, -0.05) is 18.2 Å². The number of esters is 1. The van der Waals surface area contributed by atoms with Gasteiger partial charge in [-0.25, -0.2) is 4.79 Å². The number of rotatable bonds is 5. The maximum absolute atomic E-state index is 11.9. The first-order chi connectivity index (χ1) is 12.6. The Morgan fingerprint density at radius 2 is 1.88 bits per heavy atom. The van der Waals surface area contributed by atoms with Gasteiger partial charge in [-0.3, -0.25) is 0 Å². The van der Waals surface area contributed by atoms with E-state index in [2.05, 4.69) is 35.6 Å². The molecule has 4 nitrogen and oxygen atoms in total. The molecule has 0 amide bonds. The lowest BCUT2D eigenvalue weighted by Gasteiger charge is -2.13. The summed E-state index contributed by atoms with van der Waals surface area (Å²) in [6, 6.07) is 14.3. The van der Waals surface area contributed by atoms with Gasteiger partial charge in [-0.05, 0) is 66.6 Å². The van der Waals surface area contributed by atoms with Gasteiger partial charge in [-0.15, -0.1) is 11.8 Å². The minimum Gasteiger partial charge on any atom is -0.480 e. The standard InChI is InChI=1S/C21H23NO3S/c1-14(26-3)25-19-7-4-15(5-8-19)16-6-9-20-18(12-16)13-17(10-11-22-20)21(23)24-2/h4-9,12-14,22H,10-11H2,1-3H3. The molecule has 1 atom stereocenters. The molecule has 0 aliphatic carbocycles. The van der Waals surface area contributed by atoms with Crippen molar-refractivity contribution in [2.45, 2.75) is 18.8 Å². The number of benzene rings is 2. The van der Waals surface area contributed by atoms with Crippen LogP contribution in [0.1, 0.15) is 18.9 Å². The highest BCUT2D eigenvalue weighted by Gasteiger charge is 2.15. The summed E-state index contributed by atoms with van der Waals surface area (Å²) in [5.74, 6) is 0.592. The molecule has 0 spiro atoms. The maximum Gasteiger partial charge on any atom is 0.333 e. The van der Waals surface area contributed by atoms with Crippen LogP contribution in [0.4, 0.5) is 5.69 Å². The maximum atomic E-state index is 11.9. The third kappa shape index (κ3) is 4.22. The third-order valence-corrected chi connectivity index (χ3v) is 5.12. The number of nitrogens with one attached hydrogen (secondary N) is 1. The quantitative estimate of drug-likeness (QED) is 0.605. The molecule has 1 aliphatic rings. The van der Waals surface area contributed by atoms with E-state index in [1.807, 2.05) is 31.4 Å². The highest BCUT2D eigenvalue weighted by atomic mass is 32.2. The Hall–Kier alpha value is -2.40. The Kier molecular flexibility index (Phi) is 5.89. The second-order valence-corrected chi connectivity index (χ2v) is 7.22. The second kappa shape index (κ2) is 8.32. The molecule has 1 N–H and O–H groups in total. The minimum atomic E-state index is -0.269. The van der Waals surface area contributed by atoms with E-state index in [0.29, 0.717) is 18.5 Å². The predicted octanol–water partition coefficient (Wildman–Crippen LogP) is 4.81. The summed E-state index contributed by atoms with van der Waals surface area (Å²) in [6.45, 7) is 2.75. The fourth-order valence-electron chi connectivity index (χ4n) is 2.87. The van der Waals surface area contributed by atoms with Gasteiger partial charge in [0.05, 0.1) is 7.11 Å². The number of anilines is 1. The van der Waals surface area contributed by atoms with Crippen LogP contribution >= 0.6 is 11.8 Å². The molecule has 0 radical (unpaired) electrons. The number of methoxy groups -OCH3 is 1. The molecule has 0 saturated carbocycles. The number of carbonyl (C=O) groups is 1. The van der Waals surface area contributed by atoms with Crippen LogP contribution in [-0.2, 0) is 9.53 Å². The number of carbonyl (C=O) groups excluding carboxylic acids is 1. The van der Waals surface area contributed by atoms with E-state index in [-0.39, 0.29) is 11.4 Å². The third-order valence-electron chi connectivity index (χ3n) is 4.36. The number of thioether (sulfide) groups is 1. The van der Waals surface area contributed by atoms with E-state index in [1.165, 1.54) is 7.11 Å². The molecule has 0 aromatic heterocycles. The van der Waals surface area contributed by atoms with Crippen LogP contribution in [0.5, 0.6) is 5.75 Å². The van der Waals surface area contributed by atoms with Crippen molar-refractivity contribution in [3.05, 3.63) is 53.6 Å². The molecule has 5 heteroatoms. The lowest BCUT2D eigenvalue weighted by Crippen LogP contribution is -2.07. The lowest BCUT2D eigenvalue weighted by molar-refractivity contribution is -0.136. The molecule has 2 aromatic rings. The van der Waals surface area contributed by atoms with Gasteiger partial charge in [0.15, 0.2) is 0 Å². The van der Waals surface area contributed by atoms with E-state index < -0.39 is 0 Å². The van der Waals surface area contributed by atoms with Crippen molar-refractivity contribution >= 4 is 29.5 Å². The first-order valence-corrected chi connectivity index (χ1v) is 9.86. The summed E-state index contributed by atoms with van der Waals surface area (Å²) >= 11 is 1.67. The summed E-state index contributed by atoms with van der Waals surface area (Å²) < 4.78 is 10.7. The van der Waals surface area contributed by atoms with E-state index >= 15 is 0 Å². The zero-order valence-electron chi connectivity index (χ0n) is 15.2. The molecule has 1 unspecified atom stereocenters. The molecular weight excluding hydrogens is 346 g/mol. The number of ether oxygens (including phenoxy) is 2. The van der Waals surface area contributed by atoms with Crippen molar-refractivity contribution in [2.75, 3.05) is 25.2 Å². The van der Waals surface area contributed by atoms with Crippen molar-refractivity contribution < 1.29 is 14.3 Å². The Balaban J connectivity index is 1.88. The highest BCUT2D eigenvalue weighted by Crippen LogP contribution is 2.30. The fraction of sp³-hybridized carbons (Fsp3) is 0.286. The molecule has 136 valence electrons. The van der Waals surface area contributed by atoms with Crippen molar-refractivity contribution in [2.24, 2.45) is 0 Å². The van der Waals surface area contributed by atoms with Gasteiger partial charge in [0.25, 0.3) is 0 Å². The second-order valence-electron chi connectivity index (χ2n) is 6.09. The largest absolute Gasteiger partial charge is 0.480 e. The SMILES string of the molecule is COC(=O)C1=Cc2cc(-c3ccc(OC(C)SC)cc3)ccc2NCC1. The first-order valence-electron chi connectivity index (χ1n) is 8.57. The summed E-state index contributed by atoms with van der Waals surface area (Å²) in [4.78, 5) is 11.9. The highest BCUT2D eigenvalue weighted by molar-refractivity contribution is 7.99. The molecule has 26 heavy (non-hydrogen) atoms. The van der Waals surface area contributed by atoms with Crippen LogP contribution < -0.4 is 10.1 Å². The number of hydrogen-bond acceptors (Lipinski definition) is 5. The molecule has 0 saturated heterocycles. The molecule has 1 heterocycles. The van der Waals surface area contributed by atoms with Crippen LogP contribution in [0.25, 0.3) is 17.2 Å². The van der Waals surface area contributed by atoms with Crippen molar-refractivity contribution in [1.82, 2.24) is 0 Å². The molecular formula is C21H23NO3S. The van der Waals surface area contributed by atoms with E-state index in [1.54, 1.807) is 11.8 Å². The molecule has 0 bridgehead atoms. The van der Waals surface area contributed by atoms with Gasteiger partial charge >= 0.3 is 5.97 Å². The average molecular weight is 369 g/mol. The van der Waals surface area contributed by atoms with E-state index in [0.717, 1.165) is 28.1 Å². The summed E-state index contributed by atoms with van der Waals surface area (Å²) in [7, 11) is 1.42. The van der Waals surface area contributed by atoms with Crippen LogP contribution in [0, 0.1) is 0 Å². The van der Waals surface area contributed by atoms with Crippen molar-refractivity contribution in [3.8, 4) is 16.9 Å². The normalized spacial score (nSPS) is 14.3. The Morgan fingerprint density at radius 1 is 1.15 bits per heavy atom.